The molecule has 0 rings (SSSR count). The van der Waals surface area contributed by atoms with Crippen molar-refractivity contribution in [3.63, 3.8) is 0 Å². The molecule has 0 fully saturated rings. The first-order valence-corrected chi connectivity index (χ1v) is 2.93. The van der Waals surface area contributed by atoms with Crippen LogP contribution >= 0.6 is 0 Å². The van der Waals surface area contributed by atoms with Gasteiger partial charge in [-0.2, -0.15) is 0 Å². The average molecular weight is 120 g/mol. The van der Waals surface area contributed by atoms with Gasteiger partial charge in [-0.25, -0.2) is 0 Å². The Labute approximate surface area is 54.1 Å². The average Bonchev–Trinajstić information content (AvgIpc) is 1.41. The Kier molecular flexibility index (Phi) is 15.4. The molecule has 0 bridgehead atoms. The molecule has 0 heterocycles. The molecule has 0 aliphatic heterocycles. The molecule has 0 aromatic heterocycles. The van der Waals surface area contributed by atoms with Gasteiger partial charge in [0.2, 0.25) is 0 Å². The van der Waals surface area contributed by atoms with Crippen molar-refractivity contribution in [1.82, 2.24) is 0 Å². The van der Waals surface area contributed by atoms with Gasteiger partial charge in [0.1, 0.15) is 0 Å². The molecule has 0 N–H and O–H groups in total. The van der Waals surface area contributed by atoms with Crippen molar-refractivity contribution in [3.8, 4) is 0 Å². The maximum Gasteiger partial charge on any atom is -1.00 e. The van der Waals surface area contributed by atoms with Crippen LogP contribution in [0.2, 0.25) is 5.28 Å². The van der Waals surface area contributed by atoms with Crippen LogP contribution in [0.15, 0.2) is 0 Å². The summed E-state index contributed by atoms with van der Waals surface area (Å²) in [5.41, 5.74) is 0. The van der Waals surface area contributed by atoms with Crippen molar-refractivity contribution in [1.29, 1.82) is 0 Å². The Bertz CT molecular complexity index is 15.0. The van der Waals surface area contributed by atoms with Gasteiger partial charge in [0.05, 0.1) is 0 Å². The van der Waals surface area contributed by atoms with Gasteiger partial charge in [0.15, 0.2) is 0 Å². The van der Waals surface area contributed by atoms with Gasteiger partial charge in [0.25, 0.3) is 0 Å². The number of hydrogen-bond donors (Lipinski definition) is 0. The van der Waals surface area contributed by atoms with E-state index in [1.54, 1.807) is 0 Å². The van der Waals surface area contributed by atoms with Crippen LogP contribution in [0, 0.1) is 0 Å². The van der Waals surface area contributed by atoms with Crippen LogP contribution in [0.1, 0.15) is 19.8 Å². The number of rotatable bonds is 2. The van der Waals surface area contributed by atoms with Gasteiger partial charge >= 0.3 is 41.3 Å². The molecule has 0 nitrogen and oxygen atoms in total. The fourth-order valence-corrected chi connectivity index (χ4v) is 0.612. The summed E-state index contributed by atoms with van der Waals surface area (Å²) in [6, 6.07) is 0. The van der Waals surface area contributed by atoms with E-state index in [4.69, 9.17) is 0 Å². The molecule has 0 saturated heterocycles. The quantitative estimate of drug-likeness (QED) is 0.383. The molecule has 1 radical (unpaired) electrons. The smallest absolute Gasteiger partial charge is 1.00 e. The predicted octanol–water partition coefficient (Wildman–Crippen LogP) is -1.62. The van der Waals surface area contributed by atoms with E-state index in [1.165, 1.54) is 18.1 Å². The minimum Gasteiger partial charge on any atom is -1.00 e. The van der Waals surface area contributed by atoms with E-state index in [-0.39, 0.29) is 12.4 Å². The zero-order chi connectivity index (χ0) is 4.12. The van der Waals surface area contributed by atoms with Gasteiger partial charge in [-0.3, -0.25) is 0 Å². The summed E-state index contributed by atoms with van der Waals surface area (Å²) in [6.07, 6.45) is 2.67. The molecular weight excluding hydrogens is 110 g/mol. The van der Waals surface area contributed by atoms with E-state index in [0.29, 0.717) is 0 Å². The van der Waals surface area contributed by atoms with Crippen molar-refractivity contribution in [3.05, 3.63) is 0 Å². The topological polar surface area (TPSA) is 0 Å². The molecule has 0 aliphatic carbocycles. The van der Waals surface area contributed by atoms with Crippen molar-refractivity contribution < 1.29 is 12.4 Å². The maximum atomic E-state index is 2.70. The molecule has 0 aromatic carbocycles. The Morgan fingerprint density at radius 1 is 1.50 bits per heavy atom. The first-order chi connectivity index (χ1) is 2.41. The first-order valence-electron chi connectivity index (χ1n) is 2.12. The number of unbranched alkanes of at least 4 members (excludes halogenated alkanes) is 1. The number of hydrogen-bond acceptors (Lipinski definition) is 0. The van der Waals surface area contributed by atoms with Gasteiger partial charge in [-0.15, -0.1) is 0 Å². The predicted molar refractivity (Wildman–Crippen MR) is 25.5 cm³/mol. The van der Waals surface area contributed by atoms with Gasteiger partial charge in [-0.1, -0.05) is 0 Å². The van der Waals surface area contributed by atoms with Crippen LogP contribution in [0.4, 0.5) is 0 Å². The molecule has 2 heteroatoms. The van der Waals surface area contributed by atoms with Crippen molar-refractivity contribution in [2.24, 2.45) is 0 Å². The fourth-order valence-electron chi connectivity index (χ4n) is 0.204. The third-order valence-corrected chi connectivity index (χ3v) is 0.966. The third-order valence-electron chi connectivity index (χ3n) is 0.558. The van der Waals surface area contributed by atoms with E-state index in [1.807, 2.05) is 0 Å². The van der Waals surface area contributed by atoms with Crippen LogP contribution in [-0.4, -0.2) is 16.3 Å². The van der Waals surface area contributed by atoms with Crippen molar-refractivity contribution >= 4 is 16.3 Å². The van der Waals surface area contributed by atoms with E-state index in [2.05, 4.69) is 23.2 Å². The molecule has 0 spiro atoms. The maximum absolute atomic E-state index is 2.70. The van der Waals surface area contributed by atoms with E-state index >= 15 is 0 Å². The van der Waals surface area contributed by atoms with Crippen LogP contribution in [-0.2, 0) is 0 Å². The molecule has 0 atom stereocenters. The van der Waals surface area contributed by atoms with Crippen LogP contribution in [0.5, 0.6) is 0 Å². The monoisotopic (exact) mass is 119 g/mol. The standard InChI is InChI=1S/C4H9.Al.ClH/c1-3-4-2;;/h1,3-4H2,2H3;;1H/q;+1;/p-1. The molecule has 0 aliphatic rings. The molecule has 0 amide bonds. The molecular formula is C4H9AlCl. The van der Waals surface area contributed by atoms with E-state index in [9.17, 15) is 0 Å². The van der Waals surface area contributed by atoms with Gasteiger partial charge in [-0.05, 0) is 0 Å². The zero-order valence-electron chi connectivity index (χ0n) is 4.08. The Balaban J connectivity index is 0. The van der Waals surface area contributed by atoms with Gasteiger partial charge < -0.3 is 12.4 Å². The molecule has 0 unspecified atom stereocenters. The fraction of sp³-hybridized carbons (Fsp3) is 1.00. The largest absolute Gasteiger partial charge is 1.00 e. The van der Waals surface area contributed by atoms with E-state index < -0.39 is 0 Å². The third kappa shape index (κ3) is 8.85. The zero-order valence-corrected chi connectivity index (χ0v) is 5.99. The summed E-state index contributed by atoms with van der Waals surface area (Å²) in [6.45, 7) is 2.20. The summed E-state index contributed by atoms with van der Waals surface area (Å²) >= 11 is 2.70. The summed E-state index contributed by atoms with van der Waals surface area (Å²) < 4.78 is 0. The van der Waals surface area contributed by atoms with Crippen LogP contribution in [0.3, 0.4) is 0 Å². The summed E-state index contributed by atoms with van der Waals surface area (Å²) in [5, 5.41) is 1.26. The summed E-state index contributed by atoms with van der Waals surface area (Å²) in [7, 11) is 0. The SMILES string of the molecule is CCC[CH2][Al+].[Cl-]. The second-order valence-corrected chi connectivity index (χ2v) is 1.72. The summed E-state index contributed by atoms with van der Waals surface area (Å²) in [5.74, 6) is 0. The molecule has 35 valence electrons. The van der Waals surface area contributed by atoms with Crippen molar-refractivity contribution in [2.45, 2.75) is 25.0 Å². The molecule has 0 saturated carbocycles. The minimum absolute atomic E-state index is 0. The Hall–Kier alpha value is 0.822. The Morgan fingerprint density at radius 2 is 2.00 bits per heavy atom. The second-order valence-electron chi connectivity index (χ2n) is 1.14. The van der Waals surface area contributed by atoms with Crippen molar-refractivity contribution in [2.75, 3.05) is 0 Å². The normalized spacial score (nSPS) is 6.67. The van der Waals surface area contributed by atoms with Crippen LogP contribution in [0.25, 0.3) is 0 Å². The van der Waals surface area contributed by atoms with E-state index in [0.717, 1.165) is 0 Å². The number of halogens is 1. The molecule has 6 heavy (non-hydrogen) atoms. The van der Waals surface area contributed by atoms with Gasteiger partial charge in [0, 0.05) is 0 Å². The first kappa shape index (κ1) is 9.95. The Morgan fingerprint density at radius 3 is 2.00 bits per heavy atom. The van der Waals surface area contributed by atoms with Crippen LogP contribution < -0.4 is 12.4 Å². The second kappa shape index (κ2) is 9.27. The summed E-state index contributed by atoms with van der Waals surface area (Å²) in [4.78, 5) is 0. The minimum atomic E-state index is 0. The molecule has 0 aromatic rings.